The molecule has 1 saturated heterocycles. The summed E-state index contributed by atoms with van der Waals surface area (Å²) in [6, 6.07) is 8.50. The first kappa shape index (κ1) is 15.2. The summed E-state index contributed by atoms with van der Waals surface area (Å²) >= 11 is 0. The van der Waals surface area contributed by atoms with E-state index in [0.717, 1.165) is 18.9 Å². The van der Waals surface area contributed by atoms with Crippen molar-refractivity contribution in [2.75, 3.05) is 36.5 Å². The molecule has 1 fully saturated rings. The van der Waals surface area contributed by atoms with Crippen LogP contribution in [0, 0.1) is 6.92 Å². The molecule has 2 heterocycles. The van der Waals surface area contributed by atoms with Gasteiger partial charge in [0.25, 0.3) is 0 Å². The third-order valence-electron chi connectivity index (χ3n) is 3.54. The van der Waals surface area contributed by atoms with E-state index in [-0.39, 0.29) is 5.56 Å². The lowest BCUT2D eigenvalue weighted by molar-refractivity contribution is 0.0697. The number of nitrogens with zero attached hydrogens (tertiary/aromatic N) is 3. The van der Waals surface area contributed by atoms with Gasteiger partial charge in [-0.1, -0.05) is 6.07 Å². The molecule has 0 amide bonds. The highest BCUT2D eigenvalue weighted by atomic mass is 16.5. The minimum absolute atomic E-state index is 0.231. The number of morpholine rings is 1. The highest BCUT2D eigenvalue weighted by molar-refractivity contribution is 5.89. The molecule has 0 radical (unpaired) electrons. The van der Waals surface area contributed by atoms with Crippen LogP contribution in [-0.2, 0) is 4.74 Å². The second-order valence-electron chi connectivity index (χ2n) is 5.27. The smallest absolute Gasteiger partial charge is 0.335 e. The number of benzene rings is 1. The summed E-state index contributed by atoms with van der Waals surface area (Å²) in [5.41, 5.74) is 0.908. The number of carboxylic acids is 1. The Kier molecular flexibility index (Phi) is 4.38. The van der Waals surface area contributed by atoms with E-state index in [9.17, 15) is 4.79 Å². The van der Waals surface area contributed by atoms with E-state index in [2.05, 4.69) is 20.2 Å². The molecule has 0 spiro atoms. The third kappa shape index (κ3) is 3.75. The molecule has 1 aromatic carbocycles. The molecule has 1 aliphatic heterocycles. The normalized spacial score (nSPS) is 14.6. The minimum Gasteiger partial charge on any atom is -0.478 e. The molecule has 7 heteroatoms. The number of anilines is 3. The summed E-state index contributed by atoms with van der Waals surface area (Å²) in [6.45, 7) is 4.80. The van der Waals surface area contributed by atoms with Gasteiger partial charge >= 0.3 is 5.97 Å². The number of carboxylic acid groups (broad SMARTS) is 1. The Hall–Kier alpha value is -2.67. The van der Waals surface area contributed by atoms with E-state index in [0.29, 0.717) is 30.5 Å². The van der Waals surface area contributed by atoms with E-state index in [1.165, 1.54) is 0 Å². The minimum atomic E-state index is -0.957. The van der Waals surface area contributed by atoms with Crippen molar-refractivity contribution in [3.8, 4) is 0 Å². The molecule has 0 saturated carbocycles. The van der Waals surface area contributed by atoms with E-state index in [4.69, 9.17) is 9.84 Å². The van der Waals surface area contributed by atoms with Crippen LogP contribution in [0.1, 0.15) is 16.2 Å². The van der Waals surface area contributed by atoms with E-state index in [1.54, 1.807) is 24.3 Å². The molecule has 23 heavy (non-hydrogen) atoms. The van der Waals surface area contributed by atoms with Crippen LogP contribution >= 0.6 is 0 Å². The lowest BCUT2D eigenvalue weighted by Gasteiger charge is -2.28. The van der Waals surface area contributed by atoms with Gasteiger partial charge in [0.05, 0.1) is 18.8 Å². The molecular weight excluding hydrogens is 296 g/mol. The van der Waals surface area contributed by atoms with Crippen LogP contribution < -0.4 is 10.2 Å². The maximum absolute atomic E-state index is 11.0. The zero-order valence-electron chi connectivity index (χ0n) is 12.8. The van der Waals surface area contributed by atoms with Gasteiger partial charge in [-0.2, -0.15) is 0 Å². The zero-order valence-corrected chi connectivity index (χ0v) is 12.8. The highest BCUT2D eigenvalue weighted by Gasteiger charge is 2.14. The van der Waals surface area contributed by atoms with Crippen LogP contribution in [0.2, 0.25) is 0 Å². The summed E-state index contributed by atoms with van der Waals surface area (Å²) in [5, 5.41) is 12.2. The molecule has 2 N–H and O–H groups in total. The molecule has 2 aromatic rings. The molecule has 1 aromatic heterocycles. The Balaban J connectivity index is 1.83. The van der Waals surface area contributed by atoms with Crippen LogP contribution in [0.15, 0.2) is 30.3 Å². The summed E-state index contributed by atoms with van der Waals surface area (Å²) in [5.74, 6) is 1.19. The maximum atomic E-state index is 11.0. The van der Waals surface area contributed by atoms with E-state index < -0.39 is 5.97 Å². The van der Waals surface area contributed by atoms with Crippen molar-refractivity contribution in [2.24, 2.45) is 0 Å². The monoisotopic (exact) mass is 314 g/mol. The van der Waals surface area contributed by atoms with Gasteiger partial charge in [0.1, 0.15) is 17.5 Å². The number of carbonyl (C=O) groups is 1. The topological polar surface area (TPSA) is 87.6 Å². The number of aromatic carboxylic acids is 1. The van der Waals surface area contributed by atoms with Crippen molar-refractivity contribution >= 4 is 23.3 Å². The standard InChI is InChI=1S/C16H18N4O3/c1-11-17-14(10-15(18-11)20-5-7-23-8-6-20)19-13-4-2-3-12(9-13)16(21)22/h2-4,9-10H,5-8H2,1H3,(H,21,22)(H,17,18,19). The van der Waals surface area contributed by atoms with Crippen molar-refractivity contribution < 1.29 is 14.6 Å². The van der Waals surface area contributed by atoms with Gasteiger partial charge in [0.2, 0.25) is 0 Å². The Bertz CT molecular complexity index is 714. The lowest BCUT2D eigenvalue weighted by atomic mass is 10.2. The lowest BCUT2D eigenvalue weighted by Crippen LogP contribution is -2.36. The fourth-order valence-electron chi connectivity index (χ4n) is 2.45. The van der Waals surface area contributed by atoms with Crippen LogP contribution in [0.25, 0.3) is 0 Å². The molecule has 7 nitrogen and oxygen atoms in total. The van der Waals surface area contributed by atoms with Crippen LogP contribution in [-0.4, -0.2) is 47.3 Å². The number of aromatic nitrogens is 2. The Morgan fingerprint density at radius 3 is 2.78 bits per heavy atom. The molecule has 0 atom stereocenters. The van der Waals surface area contributed by atoms with Crippen molar-refractivity contribution in [3.05, 3.63) is 41.7 Å². The fraction of sp³-hybridized carbons (Fsp3) is 0.312. The van der Waals surface area contributed by atoms with Gasteiger partial charge in [-0.15, -0.1) is 0 Å². The first-order chi connectivity index (χ1) is 11.1. The Morgan fingerprint density at radius 2 is 2.04 bits per heavy atom. The largest absolute Gasteiger partial charge is 0.478 e. The number of ether oxygens (including phenoxy) is 1. The fourth-order valence-corrected chi connectivity index (χ4v) is 2.45. The average Bonchev–Trinajstić information content (AvgIpc) is 2.55. The van der Waals surface area contributed by atoms with Gasteiger partial charge in [-0.3, -0.25) is 0 Å². The molecule has 0 bridgehead atoms. The average molecular weight is 314 g/mol. The van der Waals surface area contributed by atoms with Gasteiger partial charge < -0.3 is 20.1 Å². The second kappa shape index (κ2) is 6.62. The predicted molar refractivity (Wildman–Crippen MR) is 86.5 cm³/mol. The van der Waals surface area contributed by atoms with E-state index in [1.807, 2.05) is 13.0 Å². The van der Waals surface area contributed by atoms with Gasteiger partial charge in [-0.25, -0.2) is 14.8 Å². The first-order valence-electron chi connectivity index (χ1n) is 7.40. The zero-order chi connectivity index (χ0) is 16.2. The summed E-state index contributed by atoms with van der Waals surface area (Å²) in [6.07, 6.45) is 0. The number of aryl methyl sites for hydroxylation is 1. The SMILES string of the molecule is Cc1nc(Nc2cccc(C(=O)O)c2)cc(N2CCOCC2)n1. The highest BCUT2D eigenvalue weighted by Crippen LogP contribution is 2.21. The van der Waals surface area contributed by atoms with Crippen LogP contribution in [0.3, 0.4) is 0 Å². The first-order valence-corrected chi connectivity index (χ1v) is 7.40. The van der Waals surface area contributed by atoms with Crippen molar-refractivity contribution in [3.63, 3.8) is 0 Å². The van der Waals surface area contributed by atoms with Crippen LogP contribution in [0.5, 0.6) is 0 Å². The second-order valence-corrected chi connectivity index (χ2v) is 5.27. The molecule has 3 rings (SSSR count). The maximum Gasteiger partial charge on any atom is 0.335 e. The van der Waals surface area contributed by atoms with Crippen molar-refractivity contribution in [1.82, 2.24) is 9.97 Å². The number of hydrogen-bond donors (Lipinski definition) is 2. The van der Waals surface area contributed by atoms with Gasteiger partial charge in [0, 0.05) is 24.8 Å². The van der Waals surface area contributed by atoms with Crippen LogP contribution in [0.4, 0.5) is 17.3 Å². The summed E-state index contributed by atoms with van der Waals surface area (Å²) in [7, 11) is 0. The Morgan fingerprint density at radius 1 is 1.26 bits per heavy atom. The predicted octanol–water partition coefficient (Wildman–Crippen LogP) is 2.06. The Labute approximate surface area is 133 Å². The molecule has 120 valence electrons. The quantitative estimate of drug-likeness (QED) is 0.893. The molecule has 0 aliphatic carbocycles. The van der Waals surface area contributed by atoms with Crippen molar-refractivity contribution in [1.29, 1.82) is 0 Å². The number of rotatable bonds is 4. The van der Waals surface area contributed by atoms with Gasteiger partial charge in [-0.05, 0) is 25.1 Å². The summed E-state index contributed by atoms with van der Waals surface area (Å²) in [4.78, 5) is 22.0. The van der Waals surface area contributed by atoms with E-state index >= 15 is 0 Å². The number of hydrogen-bond acceptors (Lipinski definition) is 6. The molecule has 1 aliphatic rings. The van der Waals surface area contributed by atoms with Crippen molar-refractivity contribution in [2.45, 2.75) is 6.92 Å². The molecule has 0 unspecified atom stereocenters. The molecular formula is C16H18N4O3. The third-order valence-corrected chi connectivity index (χ3v) is 3.54. The number of nitrogens with one attached hydrogen (secondary N) is 1. The summed E-state index contributed by atoms with van der Waals surface area (Å²) < 4.78 is 5.36. The van der Waals surface area contributed by atoms with Gasteiger partial charge in [0.15, 0.2) is 0 Å².